The first kappa shape index (κ1) is 19.8. The van der Waals surface area contributed by atoms with Crippen LogP contribution < -0.4 is 18.9 Å². The van der Waals surface area contributed by atoms with Crippen LogP contribution in [0.3, 0.4) is 0 Å². The second-order valence-corrected chi connectivity index (χ2v) is 5.37. The number of allylic oxidation sites excluding steroid dienone is 1. The van der Waals surface area contributed by atoms with Crippen molar-refractivity contribution in [3.63, 3.8) is 0 Å². The van der Waals surface area contributed by atoms with E-state index in [0.717, 1.165) is 11.1 Å². The molecule has 0 spiro atoms. The van der Waals surface area contributed by atoms with Gasteiger partial charge in [-0.1, -0.05) is 12.0 Å². The van der Waals surface area contributed by atoms with E-state index in [-0.39, 0.29) is 6.61 Å². The molecular weight excluding hydrogens is 342 g/mol. The van der Waals surface area contributed by atoms with Gasteiger partial charge in [0.15, 0.2) is 23.0 Å². The van der Waals surface area contributed by atoms with E-state index in [4.69, 9.17) is 25.4 Å². The minimum absolute atomic E-state index is 0.157. The van der Waals surface area contributed by atoms with Gasteiger partial charge >= 0.3 is 0 Å². The van der Waals surface area contributed by atoms with Gasteiger partial charge in [0.25, 0.3) is 0 Å². The predicted octanol–water partition coefficient (Wildman–Crippen LogP) is 4.18. The van der Waals surface area contributed by atoms with Gasteiger partial charge < -0.3 is 18.9 Å². The summed E-state index contributed by atoms with van der Waals surface area (Å²) in [5.74, 6) is 4.73. The maximum absolute atomic E-state index is 9.61. The smallest absolute Gasteiger partial charge is 0.162 e. The fourth-order valence-electron chi connectivity index (χ4n) is 2.47. The average molecular weight is 363 g/mol. The normalized spacial score (nSPS) is 10.5. The quantitative estimate of drug-likeness (QED) is 0.400. The molecule has 2 aromatic rings. The highest BCUT2D eigenvalue weighted by Gasteiger charge is 2.10. The summed E-state index contributed by atoms with van der Waals surface area (Å²) in [5, 5.41) is 9.61. The van der Waals surface area contributed by atoms with Crippen LogP contribution in [0.1, 0.15) is 18.1 Å². The van der Waals surface area contributed by atoms with Crippen LogP contribution in [-0.4, -0.2) is 27.4 Å². The van der Waals surface area contributed by atoms with Crippen LogP contribution in [0.5, 0.6) is 23.0 Å². The Hall–Kier alpha value is -3.57. The number of hydrogen-bond acceptors (Lipinski definition) is 5. The van der Waals surface area contributed by atoms with Gasteiger partial charge in [-0.15, -0.1) is 6.42 Å². The first-order valence-electron chi connectivity index (χ1n) is 8.34. The molecule has 0 aliphatic carbocycles. The number of benzene rings is 2. The summed E-state index contributed by atoms with van der Waals surface area (Å²) >= 11 is 0. The van der Waals surface area contributed by atoms with E-state index < -0.39 is 0 Å². The molecule has 0 heterocycles. The molecule has 5 heteroatoms. The van der Waals surface area contributed by atoms with Crippen molar-refractivity contribution in [1.82, 2.24) is 0 Å². The molecule has 0 bridgehead atoms. The molecule has 5 nitrogen and oxygen atoms in total. The monoisotopic (exact) mass is 363 g/mol. The van der Waals surface area contributed by atoms with Gasteiger partial charge in [0, 0.05) is 0 Å². The van der Waals surface area contributed by atoms with E-state index in [1.807, 2.05) is 25.1 Å². The lowest BCUT2D eigenvalue weighted by molar-refractivity contribution is 0.299. The fraction of sp³-hybridized carbons (Fsp3) is 0.227. The molecule has 0 saturated heterocycles. The van der Waals surface area contributed by atoms with Crippen LogP contribution in [-0.2, 0) is 0 Å². The molecule has 0 unspecified atom stereocenters. The highest BCUT2D eigenvalue weighted by atomic mass is 16.5. The van der Waals surface area contributed by atoms with Gasteiger partial charge in [-0.2, -0.15) is 5.26 Å². The molecular formula is C22H21NO4. The lowest BCUT2D eigenvalue weighted by Crippen LogP contribution is -1.99. The zero-order valence-corrected chi connectivity index (χ0v) is 15.6. The molecule has 0 amide bonds. The van der Waals surface area contributed by atoms with Crippen molar-refractivity contribution in [2.45, 2.75) is 6.92 Å². The Kier molecular flexibility index (Phi) is 7.16. The van der Waals surface area contributed by atoms with E-state index >= 15 is 0 Å². The Morgan fingerprint density at radius 3 is 2.37 bits per heavy atom. The van der Waals surface area contributed by atoms with Gasteiger partial charge in [-0.25, -0.2) is 0 Å². The van der Waals surface area contributed by atoms with E-state index in [9.17, 15) is 5.26 Å². The van der Waals surface area contributed by atoms with Crippen LogP contribution in [0.25, 0.3) is 11.6 Å². The molecule has 0 aromatic heterocycles. The molecule has 2 aromatic carbocycles. The molecule has 0 atom stereocenters. The molecule has 0 saturated carbocycles. The summed E-state index contributed by atoms with van der Waals surface area (Å²) in [5.41, 5.74) is 2.01. The molecule has 27 heavy (non-hydrogen) atoms. The van der Waals surface area contributed by atoms with Crippen LogP contribution in [0.2, 0.25) is 0 Å². The van der Waals surface area contributed by atoms with Gasteiger partial charge in [0.2, 0.25) is 0 Å². The third-order valence-electron chi connectivity index (χ3n) is 3.70. The Morgan fingerprint density at radius 2 is 1.74 bits per heavy atom. The standard InChI is InChI=1S/C22H21NO4/c1-5-11-27-20-9-7-16(13-22(20)26-6-2)12-18(15-23)17-8-10-19(24-3)21(14-17)25-4/h1,7-10,12-14H,6,11H2,2-4H3/b18-12+. The predicted molar refractivity (Wildman–Crippen MR) is 105 cm³/mol. The SMILES string of the molecule is C#CCOc1ccc(/C=C(\C#N)c2ccc(OC)c(OC)c2)cc1OCC. The molecule has 0 fully saturated rings. The molecule has 138 valence electrons. The number of nitriles is 1. The molecule has 0 N–H and O–H groups in total. The van der Waals surface area contributed by atoms with E-state index in [1.54, 1.807) is 38.5 Å². The number of terminal acetylenes is 1. The minimum Gasteiger partial charge on any atom is -0.493 e. The van der Waals surface area contributed by atoms with Gasteiger partial charge in [0.05, 0.1) is 32.5 Å². The van der Waals surface area contributed by atoms with Crippen LogP contribution in [0.4, 0.5) is 0 Å². The highest BCUT2D eigenvalue weighted by Crippen LogP contribution is 2.33. The highest BCUT2D eigenvalue weighted by molar-refractivity contribution is 5.90. The van der Waals surface area contributed by atoms with Crippen molar-refractivity contribution in [1.29, 1.82) is 5.26 Å². The second-order valence-electron chi connectivity index (χ2n) is 5.37. The van der Waals surface area contributed by atoms with Crippen LogP contribution in [0.15, 0.2) is 36.4 Å². The van der Waals surface area contributed by atoms with Crippen molar-refractivity contribution < 1.29 is 18.9 Å². The summed E-state index contributed by atoms with van der Waals surface area (Å²) < 4.78 is 21.7. The first-order chi connectivity index (χ1) is 13.2. The maximum Gasteiger partial charge on any atom is 0.162 e. The summed E-state index contributed by atoms with van der Waals surface area (Å²) in [6, 6.07) is 13.0. The van der Waals surface area contributed by atoms with Crippen LogP contribution in [0, 0.1) is 23.7 Å². The van der Waals surface area contributed by atoms with Gasteiger partial charge in [-0.05, 0) is 54.5 Å². The van der Waals surface area contributed by atoms with E-state index in [1.165, 1.54) is 0 Å². The lowest BCUT2D eigenvalue weighted by atomic mass is 10.0. The molecule has 2 rings (SSSR count). The lowest BCUT2D eigenvalue weighted by Gasteiger charge is -2.11. The summed E-state index contributed by atoms with van der Waals surface area (Å²) in [7, 11) is 3.12. The van der Waals surface area contributed by atoms with Crippen LogP contribution >= 0.6 is 0 Å². The largest absolute Gasteiger partial charge is 0.493 e. The zero-order valence-electron chi connectivity index (χ0n) is 15.6. The Bertz CT molecular complexity index is 904. The summed E-state index contributed by atoms with van der Waals surface area (Å²) in [6.45, 7) is 2.53. The van der Waals surface area contributed by atoms with Crippen molar-refractivity contribution >= 4 is 11.6 Å². The minimum atomic E-state index is 0.157. The third-order valence-corrected chi connectivity index (χ3v) is 3.70. The molecule has 0 aliphatic heterocycles. The number of ether oxygens (including phenoxy) is 4. The van der Waals surface area contributed by atoms with Gasteiger partial charge in [-0.3, -0.25) is 0 Å². The molecule has 0 radical (unpaired) electrons. The first-order valence-corrected chi connectivity index (χ1v) is 8.34. The van der Waals surface area contributed by atoms with Crippen molar-refractivity contribution in [3.8, 4) is 41.4 Å². The molecule has 0 aliphatic rings. The Morgan fingerprint density at radius 1 is 1.00 bits per heavy atom. The summed E-state index contributed by atoms with van der Waals surface area (Å²) in [4.78, 5) is 0. The maximum atomic E-state index is 9.61. The van der Waals surface area contributed by atoms with E-state index in [2.05, 4.69) is 12.0 Å². The van der Waals surface area contributed by atoms with Gasteiger partial charge in [0.1, 0.15) is 6.61 Å². The number of hydrogen-bond donors (Lipinski definition) is 0. The van der Waals surface area contributed by atoms with Crippen molar-refractivity contribution in [2.75, 3.05) is 27.4 Å². The summed E-state index contributed by atoms with van der Waals surface area (Å²) in [6.07, 6.45) is 7.01. The second kappa shape index (κ2) is 9.79. The van der Waals surface area contributed by atoms with E-state index in [0.29, 0.717) is 35.2 Å². The number of nitrogens with zero attached hydrogens (tertiary/aromatic N) is 1. The Balaban J connectivity index is 2.41. The average Bonchev–Trinajstić information content (AvgIpc) is 2.71. The third kappa shape index (κ3) is 4.96. The Labute approximate surface area is 159 Å². The zero-order chi connectivity index (χ0) is 19.6. The van der Waals surface area contributed by atoms with Crippen molar-refractivity contribution in [3.05, 3.63) is 47.5 Å². The topological polar surface area (TPSA) is 60.7 Å². The fourth-order valence-corrected chi connectivity index (χ4v) is 2.47. The number of methoxy groups -OCH3 is 2. The van der Waals surface area contributed by atoms with Crippen molar-refractivity contribution in [2.24, 2.45) is 0 Å². The number of rotatable bonds is 8.